The van der Waals surface area contributed by atoms with E-state index in [0.717, 1.165) is 31.9 Å². The zero-order chi connectivity index (χ0) is 28.3. The second-order valence-corrected chi connectivity index (χ2v) is 12.7. The number of fused-ring (bicyclic) bond motifs is 1. The zero-order valence-corrected chi connectivity index (χ0v) is 22.6. The predicted octanol–water partition coefficient (Wildman–Crippen LogP) is 1.87. The molecule has 2 N–H and O–H groups in total. The van der Waals surface area contributed by atoms with Crippen molar-refractivity contribution in [2.75, 3.05) is 26.0 Å². The Kier molecular flexibility index (Phi) is 8.25. The van der Waals surface area contributed by atoms with Gasteiger partial charge in [-0.05, 0) is 56.9 Å². The molecule has 1 aliphatic carbocycles. The van der Waals surface area contributed by atoms with E-state index in [1.165, 1.54) is 16.4 Å². The molecule has 1 aromatic heterocycles. The van der Waals surface area contributed by atoms with Crippen LogP contribution in [0.3, 0.4) is 0 Å². The number of hydrogen-bond acceptors (Lipinski definition) is 8. The van der Waals surface area contributed by atoms with Gasteiger partial charge in [-0.3, -0.25) is 9.36 Å². The Morgan fingerprint density at radius 2 is 2.08 bits per heavy atom. The molecule has 0 radical (unpaired) electrons. The molecule has 1 saturated heterocycles. The van der Waals surface area contributed by atoms with Gasteiger partial charge in [-0.1, -0.05) is 11.8 Å². The Bertz CT molecular complexity index is 1370. The standard InChI is InChI=1S/C26H31N3O9S/c1-25(39(2,34)35,22(30)27-38-21-8-4-6-14-36-21)12-13-28-17-20-15-19(16-29(20)23(28)31)7-3-5-9-26(10-11-26)18-37-24(32)33/h15-16,21H,4,6,8,10-14,17-18H2,1-2H3,(H,27,30)(H,32,33)/t21?,25-/m1/s1. The third-order valence-corrected chi connectivity index (χ3v) is 9.26. The molecule has 12 nitrogen and oxygen atoms in total. The Balaban J connectivity index is 1.34. The first kappa shape index (κ1) is 28.5. The molecule has 2 aliphatic heterocycles. The highest BCUT2D eigenvalue weighted by atomic mass is 32.2. The van der Waals surface area contributed by atoms with Gasteiger partial charge in [0.15, 0.2) is 20.9 Å². The van der Waals surface area contributed by atoms with Crippen LogP contribution < -0.4 is 5.48 Å². The van der Waals surface area contributed by atoms with Crippen LogP contribution in [0.4, 0.5) is 9.59 Å². The lowest BCUT2D eigenvalue weighted by Gasteiger charge is -2.29. The summed E-state index contributed by atoms with van der Waals surface area (Å²) in [4.78, 5) is 43.1. The highest BCUT2D eigenvalue weighted by Gasteiger charge is 2.45. The summed E-state index contributed by atoms with van der Waals surface area (Å²) in [5.41, 5.74) is 3.04. The maximum Gasteiger partial charge on any atom is 0.505 e. The molecule has 2 fully saturated rings. The lowest BCUT2D eigenvalue weighted by Crippen LogP contribution is -2.52. The third-order valence-electron chi connectivity index (χ3n) is 7.23. The highest BCUT2D eigenvalue weighted by Crippen LogP contribution is 2.45. The lowest BCUT2D eigenvalue weighted by molar-refractivity contribution is -0.201. The molecule has 210 valence electrons. The fourth-order valence-electron chi connectivity index (χ4n) is 4.24. The summed E-state index contributed by atoms with van der Waals surface area (Å²) in [6.45, 7) is 2.11. The fraction of sp³-hybridized carbons (Fsp3) is 0.577. The second kappa shape index (κ2) is 11.3. The van der Waals surface area contributed by atoms with Crippen LogP contribution in [0.25, 0.3) is 0 Å². The van der Waals surface area contributed by atoms with Gasteiger partial charge in [0.05, 0.1) is 12.0 Å². The number of carbonyl (C=O) groups is 3. The summed E-state index contributed by atoms with van der Waals surface area (Å²) in [5, 5.41) is 8.64. The first-order valence-corrected chi connectivity index (χ1v) is 14.5. The van der Waals surface area contributed by atoms with E-state index >= 15 is 0 Å². The molecule has 3 aliphatic rings. The minimum Gasteiger partial charge on any atom is -0.450 e. The van der Waals surface area contributed by atoms with E-state index in [-0.39, 0.29) is 32.1 Å². The van der Waals surface area contributed by atoms with Crippen molar-refractivity contribution in [3.05, 3.63) is 23.5 Å². The number of nitrogens with zero attached hydrogens (tertiary/aromatic N) is 2. The normalized spacial score (nSPS) is 20.9. The van der Waals surface area contributed by atoms with Crippen LogP contribution in [0.2, 0.25) is 0 Å². The van der Waals surface area contributed by atoms with Crippen molar-refractivity contribution in [1.29, 1.82) is 0 Å². The first-order valence-electron chi connectivity index (χ1n) is 12.6. The Morgan fingerprint density at radius 1 is 1.31 bits per heavy atom. The van der Waals surface area contributed by atoms with E-state index in [1.807, 2.05) is 0 Å². The van der Waals surface area contributed by atoms with Crippen molar-refractivity contribution >= 4 is 27.9 Å². The van der Waals surface area contributed by atoms with E-state index in [9.17, 15) is 22.8 Å². The van der Waals surface area contributed by atoms with Crippen molar-refractivity contribution in [1.82, 2.24) is 14.9 Å². The molecular weight excluding hydrogens is 530 g/mol. The van der Waals surface area contributed by atoms with E-state index in [2.05, 4.69) is 33.9 Å². The van der Waals surface area contributed by atoms with Gasteiger partial charge in [0.25, 0.3) is 5.91 Å². The summed E-state index contributed by atoms with van der Waals surface area (Å²) in [7, 11) is -3.86. The monoisotopic (exact) mass is 561 g/mol. The predicted molar refractivity (Wildman–Crippen MR) is 137 cm³/mol. The van der Waals surface area contributed by atoms with Crippen molar-refractivity contribution in [3.63, 3.8) is 0 Å². The highest BCUT2D eigenvalue weighted by molar-refractivity contribution is 7.92. The molecule has 2 amide bonds. The first-order chi connectivity index (χ1) is 18.4. The van der Waals surface area contributed by atoms with Crippen LogP contribution in [0.5, 0.6) is 0 Å². The number of hydroxylamine groups is 1. The van der Waals surface area contributed by atoms with E-state index in [1.54, 1.807) is 12.3 Å². The van der Waals surface area contributed by atoms with Crippen LogP contribution in [-0.4, -0.2) is 78.1 Å². The number of rotatable bonds is 9. The molecule has 0 spiro atoms. The van der Waals surface area contributed by atoms with Gasteiger partial charge >= 0.3 is 12.2 Å². The average Bonchev–Trinajstić information content (AvgIpc) is 3.46. The van der Waals surface area contributed by atoms with Crippen molar-refractivity contribution in [2.24, 2.45) is 5.41 Å². The van der Waals surface area contributed by atoms with Gasteiger partial charge in [0, 0.05) is 43.3 Å². The third kappa shape index (κ3) is 6.74. The van der Waals surface area contributed by atoms with E-state index in [4.69, 9.17) is 14.7 Å². The molecule has 0 bridgehead atoms. The summed E-state index contributed by atoms with van der Waals surface area (Å²) in [5.74, 6) is 10.5. The van der Waals surface area contributed by atoms with Crippen LogP contribution in [0.1, 0.15) is 56.7 Å². The van der Waals surface area contributed by atoms with Gasteiger partial charge in [-0.2, -0.15) is 0 Å². The van der Waals surface area contributed by atoms with Crippen molar-refractivity contribution in [2.45, 2.75) is 63.0 Å². The number of amides is 2. The molecule has 1 saturated carbocycles. The average molecular weight is 562 g/mol. The number of hydrogen-bond donors (Lipinski definition) is 2. The maximum atomic E-state index is 12.9. The second-order valence-electron chi connectivity index (χ2n) is 10.2. The minimum absolute atomic E-state index is 0.0177. The fourth-order valence-corrected chi connectivity index (χ4v) is 5.08. The molecule has 1 aromatic rings. The summed E-state index contributed by atoms with van der Waals surface area (Å²) in [6, 6.07) is 1.39. The molecule has 13 heteroatoms. The van der Waals surface area contributed by atoms with E-state index < -0.39 is 38.4 Å². The molecule has 3 heterocycles. The number of carbonyl (C=O) groups excluding carboxylic acids is 2. The van der Waals surface area contributed by atoms with Crippen LogP contribution >= 0.6 is 0 Å². The van der Waals surface area contributed by atoms with Crippen molar-refractivity contribution < 1.29 is 42.2 Å². The maximum absolute atomic E-state index is 12.9. The molecule has 0 aromatic carbocycles. The topological polar surface area (TPSA) is 153 Å². The number of sulfone groups is 1. The smallest absolute Gasteiger partial charge is 0.450 e. The number of carboxylic acid groups (broad SMARTS) is 1. The molecular formula is C26H31N3O9S. The summed E-state index contributed by atoms with van der Waals surface area (Å²) in [6.07, 6.45) is 4.36. The van der Waals surface area contributed by atoms with Crippen LogP contribution in [0.15, 0.2) is 12.3 Å². The van der Waals surface area contributed by atoms with Gasteiger partial charge < -0.3 is 19.5 Å². The van der Waals surface area contributed by atoms with Gasteiger partial charge in [-0.15, -0.1) is 0 Å². The van der Waals surface area contributed by atoms with Crippen LogP contribution in [-0.2, 0) is 35.5 Å². The minimum atomic E-state index is -3.86. The van der Waals surface area contributed by atoms with Crippen LogP contribution in [0, 0.1) is 29.1 Å². The van der Waals surface area contributed by atoms with E-state index in [0.29, 0.717) is 24.3 Å². The van der Waals surface area contributed by atoms with Gasteiger partial charge in [-0.25, -0.2) is 28.3 Å². The quantitative estimate of drug-likeness (QED) is 0.261. The molecule has 1 unspecified atom stereocenters. The zero-order valence-electron chi connectivity index (χ0n) is 21.8. The van der Waals surface area contributed by atoms with Gasteiger partial charge in [0.2, 0.25) is 0 Å². The Labute approximate surface area is 226 Å². The number of aromatic nitrogens is 1. The Hall–Kier alpha value is -3.52. The Morgan fingerprint density at radius 3 is 2.69 bits per heavy atom. The molecule has 2 atom stereocenters. The summed E-state index contributed by atoms with van der Waals surface area (Å²) < 4.78 is 34.8. The van der Waals surface area contributed by atoms with Gasteiger partial charge in [0.1, 0.15) is 6.61 Å². The SMILES string of the molecule is C[C@@](CCN1Cc2cc(C#CC#CC3(COC(=O)O)CC3)cn2C1=O)(C(=O)NOC1CCCCO1)S(C)(=O)=O. The lowest BCUT2D eigenvalue weighted by atomic mass is 10.1. The molecule has 4 rings (SSSR count). The van der Waals surface area contributed by atoms with Crippen molar-refractivity contribution in [3.8, 4) is 23.7 Å². The number of nitrogens with one attached hydrogen (secondary N) is 1. The molecule has 39 heavy (non-hydrogen) atoms. The number of ether oxygens (including phenoxy) is 2. The largest absolute Gasteiger partial charge is 0.505 e. The summed E-state index contributed by atoms with van der Waals surface area (Å²) >= 11 is 0.